The Morgan fingerprint density at radius 3 is 2.43 bits per heavy atom. The molecule has 0 spiro atoms. The molecule has 4 rings (SSSR count). The zero-order valence-electron chi connectivity index (χ0n) is 17.2. The molecule has 0 bridgehead atoms. The van der Waals surface area contributed by atoms with Crippen LogP contribution in [0.4, 0.5) is 0 Å². The number of carbonyl (C=O) groups excluding carboxylic acids is 1. The lowest BCUT2D eigenvalue weighted by atomic mass is 9.88. The number of para-hydroxylation sites is 1. The van der Waals surface area contributed by atoms with E-state index in [-0.39, 0.29) is 17.9 Å². The zero-order valence-corrected chi connectivity index (χ0v) is 17.9. The second kappa shape index (κ2) is 8.76. The van der Waals surface area contributed by atoms with Crippen LogP contribution in [0.2, 0.25) is 5.02 Å². The summed E-state index contributed by atoms with van der Waals surface area (Å²) in [7, 11) is 2.04. The quantitative estimate of drug-likeness (QED) is 0.397. The third kappa shape index (κ3) is 4.27. The number of aryl methyl sites for hydroxylation is 1. The summed E-state index contributed by atoms with van der Waals surface area (Å²) in [4.78, 5) is 13.1. The Morgan fingerprint density at radius 2 is 1.67 bits per heavy atom. The predicted octanol–water partition coefficient (Wildman–Crippen LogP) is 6.23. The van der Waals surface area contributed by atoms with Gasteiger partial charge < -0.3 is 9.88 Å². The standard InChI is InChI=1S/C26H25ClN2O/c1-18(19-9-4-3-5-10-19)28-26(30)16-23(20-11-8-12-21(27)15-20)24-17-29(2)25-14-7-6-13-22(24)25/h3-15,17-18,23H,16H2,1-2H3,(H,28,30). The van der Waals surface area contributed by atoms with Crippen LogP contribution in [0.1, 0.15) is 42.0 Å². The maximum atomic E-state index is 13.1. The van der Waals surface area contributed by atoms with Crippen LogP contribution in [0.3, 0.4) is 0 Å². The fraction of sp³-hybridized carbons (Fsp3) is 0.192. The maximum Gasteiger partial charge on any atom is 0.221 e. The average Bonchev–Trinajstić information content (AvgIpc) is 3.09. The Labute approximate surface area is 182 Å². The minimum atomic E-state index is -0.0854. The first-order valence-corrected chi connectivity index (χ1v) is 10.5. The van der Waals surface area contributed by atoms with Crippen LogP contribution in [-0.4, -0.2) is 10.5 Å². The summed E-state index contributed by atoms with van der Waals surface area (Å²) in [6.45, 7) is 2.01. The molecular formula is C26H25ClN2O. The molecule has 4 aromatic rings. The SMILES string of the molecule is CC(NC(=O)CC(c1cccc(Cl)c1)c1cn(C)c2ccccc12)c1ccccc1. The van der Waals surface area contributed by atoms with E-state index in [2.05, 4.69) is 28.2 Å². The van der Waals surface area contributed by atoms with E-state index in [0.29, 0.717) is 11.4 Å². The number of aromatic nitrogens is 1. The van der Waals surface area contributed by atoms with Gasteiger partial charge in [0.25, 0.3) is 0 Å². The normalized spacial score (nSPS) is 13.2. The van der Waals surface area contributed by atoms with E-state index in [1.807, 2.05) is 80.7 Å². The lowest BCUT2D eigenvalue weighted by Gasteiger charge is -2.20. The number of fused-ring (bicyclic) bond motifs is 1. The van der Waals surface area contributed by atoms with E-state index in [9.17, 15) is 4.79 Å². The van der Waals surface area contributed by atoms with Gasteiger partial charge in [-0.15, -0.1) is 0 Å². The number of rotatable bonds is 6. The highest BCUT2D eigenvalue weighted by Gasteiger charge is 2.23. The van der Waals surface area contributed by atoms with Crippen LogP contribution >= 0.6 is 11.6 Å². The number of nitrogens with one attached hydrogen (secondary N) is 1. The predicted molar refractivity (Wildman–Crippen MR) is 124 cm³/mol. The van der Waals surface area contributed by atoms with Crippen molar-refractivity contribution in [2.45, 2.75) is 25.3 Å². The molecule has 0 saturated heterocycles. The molecule has 1 aromatic heterocycles. The van der Waals surface area contributed by atoms with Crippen LogP contribution in [0.15, 0.2) is 85.1 Å². The molecule has 0 saturated carbocycles. The molecule has 2 atom stereocenters. The molecule has 1 heterocycles. The largest absolute Gasteiger partial charge is 0.350 e. The molecule has 3 nitrogen and oxygen atoms in total. The Bertz CT molecular complexity index is 1170. The van der Waals surface area contributed by atoms with Gasteiger partial charge in [-0.05, 0) is 41.8 Å². The number of hydrogen-bond donors (Lipinski definition) is 1. The van der Waals surface area contributed by atoms with Crippen molar-refractivity contribution < 1.29 is 4.79 Å². The second-order valence-electron chi connectivity index (χ2n) is 7.72. The van der Waals surface area contributed by atoms with Crippen LogP contribution in [0.25, 0.3) is 10.9 Å². The Morgan fingerprint density at radius 1 is 0.967 bits per heavy atom. The van der Waals surface area contributed by atoms with E-state index in [1.165, 1.54) is 0 Å². The molecule has 152 valence electrons. The van der Waals surface area contributed by atoms with Crippen LogP contribution < -0.4 is 5.32 Å². The number of carbonyl (C=O) groups is 1. The number of benzene rings is 3. The summed E-state index contributed by atoms with van der Waals surface area (Å²) in [5.74, 6) is -0.0676. The highest BCUT2D eigenvalue weighted by atomic mass is 35.5. The van der Waals surface area contributed by atoms with E-state index in [1.54, 1.807) is 0 Å². The van der Waals surface area contributed by atoms with Crippen LogP contribution in [0, 0.1) is 0 Å². The minimum Gasteiger partial charge on any atom is -0.350 e. The number of nitrogens with zero attached hydrogens (tertiary/aromatic N) is 1. The summed E-state index contributed by atoms with van der Waals surface area (Å²) in [5.41, 5.74) is 4.42. The smallest absolute Gasteiger partial charge is 0.221 e. The maximum absolute atomic E-state index is 13.1. The van der Waals surface area contributed by atoms with Crippen molar-refractivity contribution in [3.8, 4) is 0 Å². The van der Waals surface area contributed by atoms with Crippen molar-refractivity contribution in [3.05, 3.63) is 107 Å². The molecule has 0 aliphatic heterocycles. The topological polar surface area (TPSA) is 34.0 Å². The average molecular weight is 417 g/mol. The summed E-state index contributed by atoms with van der Waals surface area (Å²) < 4.78 is 2.12. The third-order valence-electron chi connectivity index (χ3n) is 5.62. The van der Waals surface area contributed by atoms with Crippen LogP contribution in [-0.2, 0) is 11.8 Å². The molecule has 0 aliphatic rings. The molecule has 3 aromatic carbocycles. The molecule has 0 aliphatic carbocycles. The lowest BCUT2D eigenvalue weighted by Crippen LogP contribution is -2.28. The first kappa shape index (κ1) is 20.2. The van der Waals surface area contributed by atoms with Crippen molar-refractivity contribution in [3.63, 3.8) is 0 Å². The van der Waals surface area contributed by atoms with E-state index in [4.69, 9.17) is 11.6 Å². The van der Waals surface area contributed by atoms with Crippen LogP contribution in [0.5, 0.6) is 0 Å². The summed E-state index contributed by atoms with van der Waals surface area (Å²) in [6.07, 6.45) is 2.48. The molecule has 1 amide bonds. The molecule has 4 heteroatoms. The first-order chi connectivity index (χ1) is 14.5. The summed E-state index contributed by atoms with van der Waals surface area (Å²) >= 11 is 6.29. The fourth-order valence-electron chi connectivity index (χ4n) is 4.09. The van der Waals surface area contributed by atoms with Gasteiger partial charge in [0, 0.05) is 41.5 Å². The molecule has 1 N–H and O–H groups in total. The molecule has 2 unspecified atom stereocenters. The third-order valence-corrected chi connectivity index (χ3v) is 5.86. The van der Waals surface area contributed by atoms with Gasteiger partial charge in [-0.2, -0.15) is 0 Å². The van der Waals surface area contributed by atoms with E-state index < -0.39 is 0 Å². The Hall–Kier alpha value is -3.04. The van der Waals surface area contributed by atoms with Gasteiger partial charge in [0.2, 0.25) is 5.91 Å². The first-order valence-electron chi connectivity index (χ1n) is 10.2. The number of hydrogen-bond acceptors (Lipinski definition) is 1. The van der Waals surface area contributed by atoms with Crippen molar-refractivity contribution in [2.24, 2.45) is 7.05 Å². The number of amides is 1. The van der Waals surface area contributed by atoms with Gasteiger partial charge in [-0.3, -0.25) is 4.79 Å². The fourth-order valence-corrected chi connectivity index (χ4v) is 4.29. The molecule has 30 heavy (non-hydrogen) atoms. The van der Waals surface area contributed by atoms with Crippen molar-refractivity contribution >= 4 is 28.4 Å². The van der Waals surface area contributed by atoms with Gasteiger partial charge >= 0.3 is 0 Å². The lowest BCUT2D eigenvalue weighted by molar-refractivity contribution is -0.121. The van der Waals surface area contributed by atoms with Gasteiger partial charge in [0.05, 0.1) is 6.04 Å². The number of halogens is 1. The Kier molecular flexibility index (Phi) is 5.91. The van der Waals surface area contributed by atoms with Gasteiger partial charge in [-0.1, -0.05) is 72.3 Å². The van der Waals surface area contributed by atoms with Crippen molar-refractivity contribution in [2.75, 3.05) is 0 Å². The highest BCUT2D eigenvalue weighted by Crippen LogP contribution is 2.35. The minimum absolute atomic E-state index is 0.0178. The second-order valence-corrected chi connectivity index (χ2v) is 8.16. The highest BCUT2D eigenvalue weighted by molar-refractivity contribution is 6.30. The monoisotopic (exact) mass is 416 g/mol. The Balaban J connectivity index is 1.67. The summed E-state index contributed by atoms with van der Waals surface area (Å²) in [6, 6.07) is 26.1. The van der Waals surface area contributed by atoms with Gasteiger partial charge in [0.15, 0.2) is 0 Å². The van der Waals surface area contributed by atoms with Crippen molar-refractivity contribution in [1.29, 1.82) is 0 Å². The zero-order chi connectivity index (χ0) is 21.1. The molecule has 0 fully saturated rings. The van der Waals surface area contributed by atoms with Gasteiger partial charge in [-0.25, -0.2) is 0 Å². The van der Waals surface area contributed by atoms with E-state index in [0.717, 1.165) is 27.6 Å². The van der Waals surface area contributed by atoms with E-state index >= 15 is 0 Å². The molecular weight excluding hydrogens is 392 g/mol. The summed E-state index contributed by atoms with van der Waals surface area (Å²) in [5, 5.41) is 4.99. The van der Waals surface area contributed by atoms with Crippen molar-refractivity contribution in [1.82, 2.24) is 9.88 Å². The van der Waals surface area contributed by atoms with Gasteiger partial charge in [0.1, 0.15) is 0 Å². The molecule has 0 radical (unpaired) electrons.